The van der Waals surface area contributed by atoms with E-state index >= 15 is 0 Å². The number of hydrogen-bond donors (Lipinski definition) is 3. The van der Waals surface area contributed by atoms with Crippen molar-refractivity contribution in [1.82, 2.24) is 0 Å². The summed E-state index contributed by atoms with van der Waals surface area (Å²) in [7, 11) is 0. The molecule has 0 aromatic heterocycles. The number of halogens is 1. The van der Waals surface area contributed by atoms with Crippen LogP contribution in [0.3, 0.4) is 0 Å². The molecule has 0 fully saturated rings. The summed E-state index contributed by atoms with van der Waals surface area (Å²) in [4.78, 5) is 10.7. The molecule has 0 spiro atoms. The summed E-state index contributed by atoms with van der Waals surface area (Å²) in [6.45, 7) is 1.65. The molecule has 0 aliphatic heterocycles. The summed E-state index contributed by atoms with van der Waals surface area (Å²) in [5.74, 6) is 0. The van der Waals surface area contributed by atoms with Gasteiger partial charge in [-0.05, 0) is 17.7 Å². The summed E-state index contributed by atoms with van der Waals surface area (Å²) in [6, 6.07) is 14.6. The van der Waals surface area contributed by atoms with Crippen molar-refractivity contribution < 1.29 is 4.92 Å². The van der Waals surface area contributed by atoms with Gasteiger partial charge in [0.05, 0.1) is 4.92 Å². The zero-order valence-corrected chi connectivity index (χ0v) is 12.8. The molecule has 0 heterocycles. The monoisotopic (exact) mass is 322 g/mol. The van der Waals surface area contributed by atoms with Gasteiger partial charge in [-0.2, -0.15) is 0 Å². The molecule has 0 atom stereocenters. The Morgan fingerprint density at radius 1 is 1.09 bits per heavy atom. The molecule has 0 aliphatic rings. The number of hydrogen-bond acceptors (Lipinski definition) is 5. The molecule has 7 heteroatoms. The van der Waals surface area contributed by atoms with Crippen LogP contribution in [0.5, 0.6) is 0 Å². The van der Waals surface area contributed by atoms with Gasteiger partial charge in [0.15, 0.2) is 0 Å². The first-order valence-electron chi connectivity index (χ1n) is 6.71. The second kappa shape index (κ2) is 8.86. The Morgan fingerprint density at radius 2 is 1.82 bits per heavy atom. The zero-order valence-electron chi connectivity index (χ0n) is 12.0. The van der Waals surface area contributed by atoms with Crippen LogP contribution in [0.1, 0.15) is 5.56 Å². The highest BCUT2D eigenvalue weighted by molar-refractivity contribution is 5.85. The largest absolute Gasteiger partial charge is 0.384 e. The van der Waals surface area contributed by atoms with Crippen LogP contribution in [-0.2, 0) is 6.54 Å². The number of nitro benzene ring substituents is 1. The quantitative estimate of drug-likeness (QED) is 0.538. The van der Waals surface area contributed by atoms with E-state index in [9.17, 15) is 10.1 Å². The Balaban J connectivity index is 0.00000242. The van der Waals surface area contributed by atoms with Crippen LogP contribution < -0.4 is 16.4 Å². The average molecular weight is 323 g/mol. The van der Waals surface area contributed by atoms with E-state index in [4.69, 9.17) is 5.73 Å². The van der Waals surface area contributed by atoms with Crippen molar-refractivity contribution >= 4 is 29.5 Å². The Morgan fingerprint density at radius 3 is 2.45 bits per heavy atom. The maximum absolute atomic E-state index is 11.1. The minimum absolute atomic E-state index is 0. The van der Waals surface area contributed by atoms with Crippen molar-refractivity contribution in [1.29, 1.82) is 0 Å². The van der Waals surface area contributed by atoms with Crippen molar-refractivity contribution in [2.75, 3.05) is 23.7 Å². The third-order valence-corrected chi connectivity index (χ3v) is 2.99. The number of nitrogens with one attached hydrogen (secondary N) is 2. The molecule has 22 heavy (non-hydrogen) atoms. The van der Waals surface area contributed by atoms with Crippen LogP contribution in [0.25, 0.3) is 0 Å². The van der Waals surface area contributed by atoms with Crippen LogP contribution >= 0.6 is 12.4 Å². The molecule has 0 unspecified atom stereocenters. The van der Waals surface area contributed by atoms with Crippen molar-refractivity contribution in [3.8, 4) is 0 Å². The van der Waals surface area contributed by atoms with Gasteiger partial charge in [0.2, 0.25) is 0 Å². The molecule has 0 amide bonds. The standard InChI is InChI=1S/C15H18N4O2.ClH/c16-8-9-17-13-6-7-15(19(20)21)14(10-13)18-11-12-4-2-1-3-5-12;/h1-7,10,17-18H,8-9,11,16H2;1H. The lowest BCUT2D eigenvalue weighted by molar-refractivity contribution is -0.383. The predicted octanol–water partition coefficient (Wildman–Crippen LogP) is 3.00. The lowest BCUT2D eigenvalue weighted by atomic mass is 10.2. The van der Waals surface area contributed by atoms with Gasteiger partial charge in [-0.1, -0.05) is 30.3 Å². The maximum atomic E-state index is 11.1. The first-order valence-corrected chi connectivity index (χ1v) is 6.71. The highest BCUT2D eigenvalue weighted by Crippen LogP contribution is 2.28. The zero-order chi connectivity index (χ0) is 15.1. The lowest BCUT2D eigenvalue weighted by Crippen LogP contribution is -2.13. The normalized spacial score (nSPS) is 9.68. The molecular weight excluding hydrogens is 304 g/mol. The Bertz CT molecular complexity index is 608. The highest BCUT2D eigenvalue weighted by atomic mass is 35.5. The van der Waals surface area contributed by atoms with E-state index in [1.165, 1.54) is 6.07 Å². The minimum atomic E-state index is -0.389. The Hall–Kier alpha value is -2.31. The average Bonchev–Trinajstić information content (AvgIpc) is 2.51. The molecule has 6 nitrogen and oxygen atoms in total. The molecule has 0 radical (unpaired) electrons. The van der Waals surface area contributed by atoms with Crippen molar-refractivity contribution in [2.45, 2.75) is 6.54 Å². The van der Waals surface area contributed by atoms with E-state index in [0.29, 0.717) is 25.3 Å². The molecule has 2 aromatic carbocycles. The number of nitrogens with zero attached hydrogens (tertiary/aromatic N) is 1. The molecule has 0 aliphatic carbocycles. The van der Waals surface area contributed by atoms with Gasteiger partial charge in [-0.15, -0.1) is 12.4 Å². The molecule has 118 valence electrons. The van der Waals surface area contributed by atoms with Gasteiger partial charge in [-0.3, -0.25) is 10.1 Å². The van der Waals surface area contributed by atoms with E-state index in [-0.39, 0.29) is 23.0 Å². The molecule has 2 aromatic rings. The van der Waals surface area contributed by atoms with Crippen LogP contribution in [0.15, 0.2) is 48.5 Å². The van der Waals surface area contributed by atoms with Gasteiger partial charge in [0.25, 0.3) is 5.69 Å². The van der Waals surface area contributed by atoms with Crippen LogP contribution in [0.4, 0.5) is 17.1 Å². The van der Waals surface area contributed by atoms with E-state index in [0.717, 1.165) is 11.3 Å². The molecule has 4 N–H and O–H groups in total. The summed E-state index contributed by atoms with van der Waals surface area (Å²) in [5, 5.41) is 17.3. The van der Waals surface area contributed by atoms with Crippen LogP contribution in [0, 0.1) is 10.1 Å². The van der Waals surface area contributed by atoms with Gasteiger partial charge in [-0.25, -0.2) is 0 Å². The highest BCUT2D eigenvalue weighted by Gasteiger charge is 2.13. The van der Waals surface area contributed by atoms with E-state index in [1.807, 2.05) is 30.3 Å². The number of anilines is 2. The maximum Gasteiger partial charge on any atom is 0.292 e. The SMILES string of the molecule is Cl.NCCNc1ccc([N+](=O)[O-])c(NCc2ccccc2)c1. The summed E-state index contributed by atoms with van der Waals surface area (Å²) < 4.78 is 0. The van der Waals surface area contributed by atoms with Crippen LogP contribution in [0.2, 0.25) is 0 Å². The molecule has 0 saturated heterocycles. The lowest BCUT2D eigenvalue weighted by Gasteiger charge is -2.10. The first-order chi connectivity index (χ1) is 10.2. The molecule has 2 rings (SSSR count). The molecular formula is C15H19ClN4O2. The van der Waals surface area contributed by atoms with Gasteiger partial charge in [0.1, 0.15) is 5.69 Å². The number of nitro groups is 1. The Kier molecular flexibility index (Phi) is 7.15. The van der Waals surface area contributed by atoms with Crippen molar-refractivity contribution in [2.24, 2.45) is 5.73 Å². The smallest absolute Gasteiger partial charge is 0.292 e. The third-order valence-electron chi connectivity index (χ3n) is 2.99. The molecule has 0 bridgehead atoms. The first kappa shape index (κ1) is 17.7. The summed E-state index contributed by atoms with van der Waals surface area (Å²) in [6.07, 6.45) is 0. The fourth-order valence-electron chi connectivity index (χ4n) is 1.96. The topological polar surface area (TPSA) is 93.2 Å². The van der Waals surface area contributed by atoms with Gasteiger partial charge >= 0.3 is 0 Å². The number of rotatable bonds is 7. The van der Waals surface area contributed by atoms with Gasteiger partial charge < -0.3 is 16.4 Å². The number of benzene rings is 2. The number of nitrogens with two attached hydrogens (primary N) is 1. The minimum Gasteiger partial charge on any atom is -0.384 e. The second-order valence-electron chi connectivity index (χ2n) is 4.54. The molecule has 0 saturated carbocycles. The predicted molar refractivity (Wildman–Crippen MR) is 91.7 cm³/mol. The second-order valence-corrected chi connectivity index (χ2v) is 4.54. The fraction of sp³-hybridized carbons (Fsp3) is 0.200. The summed E-state index contributed by atoms with van der Waals surface area (Å²) in [5.41, 5.74) is 7.86. The van der Waals surface area contributed by atoms with Crippen molar-refractivity contribution in [3.05, 3.63) is 64.2 Å². The van der Waals surface area contributed by atoms with E-state index in [2.05, 4.69) is 10.6 Å². The van der Waals surface area contributed by atoms with Crippen LogP contribution in [-0.4, -0.2) is 18.0 Å². The fourth-order valence-corrected chi connectivity index (χ4v) is 1.96. The van der Waals surface area contributed by atoms with Crippen molar-refractivity contribution in [3.63, 3.8) is 0 Å². The Labute approximate surface area is 135 Å². The summed E-state index contributed by atoms with van der Waals surface area (Å²) >= 11 is 0. The van der Waals surface area contributed by atoms with Gasteiger partial charge in [0, 0.05) is 31.4 Å². The van der Waals surface area contributed by atoms with E-state index in [1.54, 1.807) is 12.1 Å². The van der Waals surface area contributed by atoms with E-state index < -0.39 is 0 Å². The third kappa shape index (κ3) is 4.91.